The molecule has 0 aliphatic rings. The topological polar surface area (TPSA) is 9.23 Å². The first-order valence-corrected chi connectivity index (χ1v) is 4.19. The molecule has 0 unspecified atom stereocenters. The number of halogens is 2. The lowest BCUT2D eigenvalue weighted by molar-refractivity contribution is 0.268. The van der Waals surface area contributed by atoms with Crippen LogP contribution in [-0.2, 0) is 4.74 Å². The van der Waals surface area contributed by atoms with Gasteiger partial charge >= 0.3 is 0 Å². The van der Waals surface area contributed by atoms with E-state index in [9.17, 15) is 0 Å². The van der Waals surface area contributed by atoms with Crippen LogP contribution in [0.5, 0.6) is 0 Å². The van der Waals surface area contributed by atoms with Gasteiger partial charge in [-0.2, -0.15) is 0 Å². The van der Waals surface area contributed by atoms with Gasteiger partial charge in [0.15, 0.2) is 0 Å². The lowest BCUT2D eigenvalue weighted by atomic mass is 10.3. The molecule has 0 spiro atoms. The molecule has 1 nitrogen and oxygen atoms in total. The first-order chi connectivity index (χ1) is 4.77. The first-order valence-electron chi connectivity index (χ1n) is 3.32. The van der Waals surface area contributed by atoms with E-state index in [0.29, 0.717) is 6.61 Å². The van der Waals surface area contributed by atoms with E-state index in [1.54, 1.807) is 6.26 Å². The molecule has 0 atom stereocenters. The maximum Gasteiger partial charge on any atom is 0.108 e. The molecule has 0 radical (unpaired) electrons. The molecule has 0 fully saturated rings. The van der Waals surface area contributed by atoms with Crippen molar-refractivity contribution in [1.29, 1.82) is 0 Å². The predicted octanol–water partition coefficient (Wildman–Crippen LogP) is 3.12. The maximum absolute atomic E-state index is 5.48. The van der Waals surface area contributed by atoms with E-state index in [2.05, 4.69) is 0 Å². The van der Waals surface area contributed by atoms with Crippen LogP contribution >= 0.6 is 23.2 Å². The second-order valence-electron chi connectivity index (χ2n) is 1.80. The van der Waals surface area contributed by atoms with E-state index < -0.39 is 0 Å². The molecule has 0 heterocycles. The van der Waals surface area contributed by atoms with E-state index in [0.717, 1.165) is 12.8 Å². The Morgan fingerprint density at radius 3 is 2.70 bits per heavy atom. The van der Waals surface area contributed by atoms with Gasteiger partial charge in [0, 0.05) is 0 Å². The highest BCUT2D eigenvalue weighted by atomic mass is 35.5. The molecular weight excluding hydrogens is 171 g/mol. The van der Waals surface area contributed by atoms with Gasteiger partial charge in [-0.15, -0.1) is 23.2 Å². The first kappa shape index (κ1) is 10.1. The number of hydrogen-bond acceptors (Lipinski definition) is 1. The number of allylic oxidation sites excluding steroid dienone is 1. The van der Waals surface area contributed by atoms with Gasteiger partial charge in [-0.05, 0) is 25.8 Å². The molecule has 0 saturated heterocycles. The molecule has 0 saturated carbocycles. The van der Waals surface area contributed by atoms with Gasteiger partial charge < -0.3 is 4.74 Å². The van der Waals surface area contributed by atoms with E-state index in [1.807, 2.05) is 13.0 Å². The summed E-state index contributed by atoms with van der Waals surface area (Å²) in [6.07, 6.45) is 5.25. The molecule has 0 amide bonds. The number of hydrogen-bond donors (Lipinski definition) is 0. The lowest BCUT2D eigenvalue weighted by Crippen LogP contribution is -1.83. The van der Waals surface area contributed by atoms with E-state index in [1.165, 1.54) is 0 Å². The molecule has 10 heavy (non-hydrogen) atoms. The second kappa shape index (κ2) is 7.23. The van der Waals surface area contributed by atoms with Crippen molar-refractivity contribution >= 4 is 23.2 Å². The zero-order valence-electron chi connectivity index (χ0n) is 6.02. The third-order valence-corrected chi connectivity index (χ3v) is 1.35. The Kier molecular flexibility index (Phi) is 7.32. The largest absolute Gasteiger partial charge is 0.502 e. The van der Waals surface area contributed by atoms with Gasteiger partial charge in [0.2, 0.25) is 0 Å². The van der Waals surface area contributed by atoms with E-state index in [4.69, 9.17) is 27.9 Å². The molecule has 0 rings (SSSR count). The predicted molar refractivity (Wildman–Crippen MR) is 45.5 cm³/mol. The Bertz CT molecular complexity index is 91.6. The van der Waals surface area contributed by atoms with E-state index in [-0.39, 0.29) is 4.84 Å². The Morgan fingerprint density at radius 2 is 2.20 bits per heavy atom. The summed E-state index contributed by atoms with van der Waals surface area (Å²) in [7, 11) is 0. The molecule has 60 valence electrons. The average molecular weight is 183 g/mol. The van der Waals surface area contributed by atoms with Crippen LogP contribution in [0.25, 0.3) is 0 Å². The summed E-state index contributed by atoms with van der Waals surface area (Å²) in [5.74, 6) is 0. The minimum atomic E-state index is -0.258. The van der Waals surface area contributed by atoms with Gasteiger partial charge in [-0.3, -0.25) is 0 Å². The smallest absolute Gasteiger partial charge is 0.108 e. The van der Waals surface area contributed by atoms with Crippen molar-refractivity contribution < 1.29 is 4.74 Å². The van der Waals surface area contributed by atoms with Gasteiger partial charge in [-0.1, -0.05) is 0 Å². The molecule has 3 heteroatoms. The molecule has 0 bridgehead atoms. The van der Waals surface area contributed by atoms with Crippen molar-refractivity contribution in [1.82, 2.24) is 0 Å². The van der Waals surface area contributed by atoms with Crippen LogP contribution in [0.15, 0.2) is 12.3 Å². The molecule has 0 aromatic rings. The van der Waals surface area contributed by atoms with Gasteiger partial charge in [0.1, 0.15) is 4.84 Å². The third kappa shape index (κ3) is 8.12. The highest BCUT2D eigenvalue weighted by Gasteiger charge is 1.93. The zero-order chi connectivity index (χ0) is 7.82. The fourth-order valence-corrected chi connectivity index (χ4v) is 0.706. The maximum atomic E-state index is 5.48. The number of rotatable bonds is 5. The van der Waals surface area contributed by atoms with Crippen LogP contribution < -0.4 is 0 Å². The van der Waals surface area contributed by atoms with E-state index >= 15 is 0 Å². The monoisotopic (exact) mass is 182 g/mol. The van der Waals surface area contributed by atoms with Crippen LogP contribution in [0.2, 0.25) is 0 Å². The summed E-state index contributed by atoms with van der Waals surface area (Å²) >= 11 is 11.0. The summed E-state index contributed by atoms with van der Waals surface area (Å²) < 4.78 is 4.95. The molecule has 0 N–H and O–H groups in total. The molecular formula is C7H12Cl2O. The highest BCUT2D eigenvalue weighted by molar-refractivity contribution is 6.44. The third-order valence-electron chi connectivity index (χ3n) is 0.911. The molecule has 0 aromatic carbocycles. The van der Waals surface area contributed by atoms with Crippen molar-refractivity contribution in [2.75, 3.05) is 6.61 Å². The second-order valence-corrected chi connectivity index (χ2v) is 3.07. The average Bonchev–Trinajstić information content (AvgIpc) is 1.87. The number of ether oxygens (including phenoxy) is 1. The lowest BCUT2D eigenvalue weighted by Gasteiger charge is -1.95. The minimum absolute atomic E-state index is 0.258. The SMILES string of the molecule is CCOC=CCCC(Cl)Cl. The Balaban J connectivity index is 3.02. The molecule has 0 aliphatic carbocycles. The summed E-state index contributed by atoms with van der Waals surface area (Å²) in [6.45, 7) is 2.65. The van der Waals surface area contributed by atoms with Crippen LogP contribution in [0.1, 0.15) is 19.8 Å². The van der Waals surface area contributed by atoms with Gasteiger partial charge in [-0.25, -0.2) is 0 Å². The van der Waals surface area contributed by atoms with Crippen molar-refractivity contribution in [2.45, 2.75) is 24.6 Å². The van der Waals surface area contributed by atoms with Crippen LogP contribution in [0, 0.1) is 0 Å². The zero-order valence-corrected chi connectivity index (χ0v) is 7.53. The Hall–Kier alpha value is 0.120. The Labute approximate surface area is 72.0 Å². The van der Waals surface area contributed by atoms with Crippen molar-refractivity contribution in [3.05, 3.63) is 12.3 Å². The summed E-state index contributed by atoms with van der Waals surface area (Å²) in [4.78, 5) is -0.258. The fraction of sp³-hybridized carbons (Fsp3) is 0.714. The van der Waals surface area contributed by atoms with Crippen molar-refractivity contribution in [3.8, 4) is 0 Å². The van der Waals surface area contributed by atoms with Crippen LogP contribution in [0.3, 0.4) is 0 Å². The normalized spacial score (nSPS) is 11.2. The molecule has 0 aliphatic heterocycles. The van der Waals surface area contributed by atoms with Gasteiger partial charge in [0.25, 0.3) is 0 Å². The van der Waals surface area contributed by atoms with Crippen molar-refractivity contribution in [2.24, 2.45) is 0 Å². The Morgan fingerprint density at radius 1 is 1.50 bits per heavy atom. The van der Waals surface area contributed by atoms with Crippen LogP contribution in [-0.4, -0.2) is 11.4 Å². The fourth-order valence-electron chi connectivity index (χ4n) is 0.455. The highest BCUT2D eigenvalue weighted by Crippen LogP contribution is 2.09. The standard InChI is InChI=1S/C7H12Cl2O/c1-2-10-6-4-3-5-7(8)9/h4,6-7H,2-3,5H2,1H3. The minimum Gasteiger partial charge on any atom is -0.502 e. The van der Waals surface area contributed by atoms with Crippen LogP contribution in [0.4, 0.5) is 0 Å². The summed E-state index contributed by atoms with van der Waals surface area (Å²) in [5, 5.41) is 0. The summed E-state index contributed by atoms with van der Waals surface area (Å²) in [5.41, 5.74) is 0. The van der Waals surface area contributed by atoms with Crippen molar-refractivity contribution in [3.63, 3.8) is 0 Å². The summed E-state index contributed by atoms with van der Waals surface area (Å²) in [6, 6.07) is 0. The quantitative estimate of drug-likeness (QED) is 0.470. The molecule has 0 aromatic heterocycles. The van der Waals surface area contributed by atoms with Gasteiger partial charge in [0.05, 0.1) is 12.9 Å². The number of alkyl halides is 2.